The van der Waals surface area contributed by atoms with Crippen molar-refractivity contribution >= 4 is 129 Å². The number of primary amides is 1. The molecule has 2 fully saturated rings. The van der Waals surface area contributed by atoms with Gasteiger partial charge in [0.1, 0.15) is 78.7 Å². The third-order valence-electron chi connectivity index (χ3n) is 24.2. The van der Waals surface area contributed by atoms with Gasteiger partial charge in [-0.2, -0.15) is 0 Å². The van der Waals surface area contributed by atoms with Crippen LogP contribution in [0.25, 0.3) is 22.3 Å². The molecular weight excluding hydrogens is 1670 g/mol. The predicted molar refractivity (Wildman–Crippen MR) is 487 cm³/mol. The molecule has 6 aromatic carbocycles. The van der Waals surface area contributed by atoms with Gasteiger partial charge in [0.2, 0.25) is 59.1 Å². The first-order valence-corrected chi connectivity index (χ1v) is 49.0. The number of nitrogens with zero attached hydrogens (tertiary/aromatic N) is 2. The van der Waals surface area contributed by atoms with Gasteiger partial charge in [0.05, 0.1) is 0 Å². The fraction of sp³-hybridized carbons (Fsp3) is 0.462. The van der Waals surface area contributed by atoms with Crippen molar-refractivity contribution in [2.45, 2.75) is 243 Å². The minimum absolute atomic E-state index is 0.226. The maximum absolute atomic E-state index is 18.2. The van der Waals surface area contributed by atoms with Crippen molar-refractivity contribution in [3.63, 3.8) is 0 Å². The van der Waals surface area contributed by atoms with Crippen LogP contribution in [0.4, 0.5) is 9.59 Å². The number of hydrogen-bond donors (Lipinski definition) is 10. The highest BCUT2D eigenvalue weighted by atomic mass is 32.4. The molecule has 2 saturated carbocycles. The van der Waals surface area contributed by atoms with Gasteiger partial charge in [-0.1, -0.05) is 234 Å². The second-order valence-electron chi connectivity index (χ2n) is 34.6. The smallest absolute Gasteiger partial charge is 0.417 e. The molecule has 0 aliphatic heterocycles. The van der Waals surface area contributed by atoms with Crippen LogP contribution < -0.4 is 64.2 Å². The summed E-state index contributed by atoms with van der Waals surface area (Å²) in [4.78, 5) is 210. The van der Waals surface area contributed by atoms with Crippen molar-refractivity contribution in [1.82, 2.24) is 57.7 Å². The summed E-state index contributed by atoms with van der Waals surface area (Å²) in [6.07, 6.45) is 3.64. The molecule has 0 bridgehead atoms. The molecule has 28 nitrogen and oxygen atoms in total. The molecule has 125 heavy (non-hydrogen) atoms. The lowest BCUT2D eigenvalue weighted by molar-refractivity contribution is -0.147. The highest BCUT2D eigenvalue weighted by Crippen LogP contribution is 2.64. The fourth-order valence-electron chi connectivity index (χ4n) is 17.0. The predicted octanol–water partition coefficient (Wildman–Crippen LogP) is 9.02. The summed E-state index contributed by atoms with van der Waals surface area (Å²) in [7, 11) is 0. The maximum atomic E-state index is 18.2. The Labute approximate surface area is 741 Å². The van der Waals surface area contributed by atoms with E-state index in [1.807, 2.05) is 97.1 Å². The molecule has 9 atom stereocenters. The minimum atomic E-state index is -3.64. The zero-order valence-corrected chi connectivity index (χ0v) is 76.6. The summed E-state index contributed by atoms with van der Waals surface area (Å²) >= 11 is 14.4. The molecule has 6 aromatic rings. The largest absolute Gasteiger partial charge is 0.448 e. The van der Waals surface area contributed by atoms with Crippen molar-refractivity contribution < 1.29 is 76.6 Å². The van der Waals surface area contributed by atoms with Gasteiger partial charge < -0.3 is 63.1 Å². The normalized spacial score (nSPS) is 16.4. The maximum Gasteiger partial charge on any atom is 0.417 e. The third-order valence-corrected chi connectivity index (χ3v) is 35.7. The van der Waals surface area contributed by atoms with Crippen molar-refractivity contribution in [3.05, 3.63) is 180 Å². The lowest BCUT2D eigenvalue weighted by Crippen LogP contribution is -2.65. The number of carbonyl (C=O) groups is 14. The van der Waals surface area contributed by atoms with Crippen LogP contribution in [0, 0.1) is 5.92 Å². The number of fused-ring (bicyclic) bond motifs is 6. The summed E-state index contributed by atoms with van der Waals surface area (Å²) < 4.78 is 13.3. The second-order valence-corrected chi connectivity index (χ2v) is 45.0. The standard InChI is InChI=1S/C93H118N12O16P2S2/c1-54(2)78(85(113)98-59(7)83(111)103-92(10,11)88(116)99-55(3)79(94)107)101-81(109)57(5)96-80(108)56(4)97-84(112)76(52-122(124,62-34-18-14-19-35-62)63-36-20-15-21-37-63)104(90(118)120-50-74-70-46-30-26-42-66(70)67-43-27-31-47-71(67)74)87(115)77(53-123(125,64-38-22-16-23-39-64)65-40-24-17-25-41-65)105(86(114)60(8)100-89(117)93(12,13)102-82(110)58(6)95-61(9)106)91(119)121-51-75-72-48-32-28-44-68(72)69-45-29-33-49-73(69)75/h14-15,18-21,26-37,42-49,54-60,64-65,74-78H,16-17,22-25,38-41,50-53H2,1-13H3,(H2,94,107)(H,95,106)(H,96,108)(H,97,112)(H,98,113)(H,99,116)(H,100,117)(H,101,109)(H,102,110)(H,103,111)/t55-,56-,57-,58-,59-,60-,76-,77-,78-/m0/s1. The van der Waals surface area contributed by atoms with E-state index in [9.17, 15) is 38.4 Å². The van der Waals surface area contributed by atoms with Gasteiger partial charge in [-0.15, -0.1) is 0 Å². The van der Waals surface area contributed by atoms with E-state index in [1.54, 1.807) is 74.5 Å². The van der Waals surface area contributed by atoms with Crippen LogP contribution in [0.2, 0.25) is 0 Å². The van der Waals surface area contributed by atoms with E-state index < -0.39 is 204 Å². The quantitative estimate of drug-likeness (QED) is 0.0166. The Morgan fingerprint density at radius 1 is 0.400 bits per heavy atom. The van der Waals surface area contributed by atoms with E-state index in [1.165, 1.54) is 76.2 Å². The van der Waals surface area contributed by atoms with Gasteiger partial charge in [-0.3, -0.25) is 57.5 Å². The van der Waals surface area contributed by atoms with Crippen LogP contribution in [-0.2, 0) is 90.6 Å². The zero-order valence-electron chi connectivity index (χ0n) is 73.2. The van der Waals surface area contributed by atoms with Gasteiger partial charge in [-0.25, -0.2) is 19.4 Å². The summed E-state index contributed by atoms with van der Waals surface area (Å²) in [5.74, 6) is -12.9. The van der Waals surface area contributed by atoms with E-state index in [0.717, 1.165) is 83.0 Å². The van der Waals surface area contributed by atoms with Crippen LogP contribution in [-0.4, -0.2) is 195 Å². The number of hydrogen-bond acceptors (Lipinski definition) is 18. The number of nitrogens with two attached hydrogens (primary N) is 1. The first-order chi connectivity index (χ1) is 59.2. The topological polar surface area (TPSA) is 398 Å². The van der Waals surface area contributed by atoms with Crippen LogP contribution in [0.15, 0.2) is 158 Å². The monoisotopic (exact) mass is 1780 g/mol. The lowest BCUT2D eigenvalue weighted by Gasteiger charge is -2.45. The number of rotatable bonds is 35. The van der Waals surface area contributed by atoms with E-state index >= 15 is 28.8 Å². The SMILES string of the molecule is CC(=O)N[C@@H](C)C(=O)NC(C)(C)C(=O)N[C@@H](C)C(=O)N(C(=O)OCC1c2ccccc2-c2ccccc21)[C@@H](CP(=S)(C1CCCCC1)C1CCCCC1)C(=O)N(C(=O)OCC1c2ccccc2-c2ccccc21)[C@@H](CP(=S)(c1ccccc1)c1ccccc1)C(=O)N[C@@H](C)C(=O)N[C@@H](C)C(=O)N[C@H](C(=O)N[C@@H](C)C(=O)NC(C)(C)C(=O)N[C@@H](C)C(N)=O)C(C)C. The molecule has 0 unspecified atom stereocenters. The zero-order chi connectivity index (χ0) is 91.2. The molecule has 0 saturated heterocycles. The number of imide groups is 2. The summed E-state index contributed by atoms with van der Waals surface area (Å²) in [5.41, 5.74) is 8.01. The van der Waals surface area contributed by atoms with E-state index in [0.29, 0.717) is 46.1 Å². The highest BCUT2D eigenvalue weighted by Gasteiger charge is 2.53. The van der Waals surface area contributed by atoms with Gasteiger partial charge in [0.25, 0.3) is 11.8 Å². The molecule has 4 aliphatic rings. The Bertz CT molecular complexity index is 4980. The van der Waals surface area contributed by atoms with E-state index in [-0.39, 0.29) is 11.3 Å². The molecule has 668 valence electrons. The number of benzene rings is 6. The van der Waals surface area contributed by atoms with Crippen molar-refractivity contribution in [2.24, 2.45) is 11.7 Å². The molecule has 32 heteroatoms. The first kappa shape index (κ1) is 96.4. The number of nitrogens with one attached hydrogen (secondary N) is 9. The van der Waals surface area contributed by atoms with Gasteiger partial charge in [0, 0.05) is 37.1 Å². The van der Waals surface area contributed by atoms with Gasteiger partial charge in [0.15, 0.2) is 0 Å². The summed E-state index contributed by atoms with van der Waals surface area (Å²) in [6.45, 7) is 17.2. The number of ether oxygens (including phenoxy) is 2. The Kier molecular flexibility index (Phi) is 32.4. The van der Waals surface area contributed by atoms with Crippen molar-refractivity contribution in [3.8, 4) is 22.3 Å². The van der Waals surface area contributed by atoms with Crippen LogP contribution in [0.3, 0.4) is 0 Å². The average Bonchev–Trinajstić information content (AvgIpc) is 1.70. The van der Waals surface area contributed by atoms with Crippen molar-refractivity contribution in [2.75, 3.05) is 25.5 Å². The van der Waals surface area contributed by atoms with Crippen LogP contribution in [0.5, 0.6) is 0 Å². The molecule has 0 aromatic heterocycles. The highest BCUT2D eigenvalue weighted by molar-refractivity contribution is 8.22. The molecule has 11 N–H and O–H groups in total. The van der Waals surface area contributed by atoms with E-state index in [4.69, 9.17) is 38.8 Å². The molecule has 14 amide bonds. The Morgan fingerprint density at radius 2 is 0.744 bits per heavy atom. The molecular formula is C93H118N12O16P2S2. The number of amides is 14. The fourth-order valence-corrected chi connectivity index (χ4v) is 27.2. The molecule has 10 rings (SSSR count). The minimum Gasteiger partial charge on any atom is -0.448 e. The van der Waals surface area contributed by atoms with Crippen LogP contribution in [0.1, 0.15) is 188 Å². The lowest BCUT2D eigenvalue weighted by atomic mass is 9.98. The average molecular weight is 1790 g/mol. The Balaban J connectivity index is 1.11. The Morgan fingerprint density at radius 3 is 1.14 bits per heavy atom. The van der Waals surface area contributed by atoms with E-state index in [2.05, 4.69) is 47.9 Å². The Hall–Kier alpha value is -10.8. The van der Waals surface area contributed by atoms with Gasteiger partial charge >= 0.3 is 12.2 Å². The molecule has 0 radical (unpaired) electrons. The second kappa shape index (κ2) is 42.0. The molecule has 0 heterocycles. The molecule has 0 spiro atoms. The first-order valence-electron chi connectivity index (χ1n) is 42.9. The summed E-state index contributed by atoms with van der Waals surface area (Å²) in [5, 5.41) is 24.5. The van der Waals surface area contributed by atoms with Crippen LogP contribution >= 0.6 is 12.1 Å². The summed E-state index contributed by atoms with van der Waals surface area (Å²) in [6, 6.07) is 27.0. The van der Waals surface area contributed by atoms with Gasteiger partial charge in [-0.05, 0) is 173 Å². The molecule has 4 aliphatic carbocycles. The number of carbonyl (C=O) groups excluding carboxylic acids is 14. The third kappa shape index (κ3) is 22.9. The van der Waals surface area contributed by atoms with Crippen molar-refractivity contribution in [1.29, 1.82) is 0 Å².